The number of oxazole rings is 1. The van der Waals surface area contributed by atoms with Gasteiger partial charge in [0, 0.05) is 24.1 Å². The molecule has 0 fully saturated rings. The summed E-state index contributed by atoms with van der Waals surface area (Å²) in [5, 5.41) is 0. The van der Waals surface area contributed by atoms with Crippen LogP contribution in [-0.4, -0.2) is 29.4 Å². The molecule has 0 aliphatic carbocycles. The molecule has 2 aromatic carbocycles. The second-order valence-electron chi connectivity index (χ2n) is 8.51. The molecule has 0 saturated heterocycles. The fourth-order valence-corrected chi connectivity index (χ4v) is 4.65. The summed E-state index contributed by atoms with van der Waals surface area (Å²) in [4.78, 5) is 30.6. The third kappa shape index (κ3) is 7.65. The molecule has 36 heavy (non-hydrogen) atoms. The monoisotopic (exact) mass is 505 g/mol. The maximum Gasteiger partial charge on any atom is 0.350 e. The smallest absolute Gasteiger partial charge is 0.350 e. The fourth-order valence-electron chi connectivity index (χ4n) is 3.53. The molecule has 188 valence electrons. The van der Waals surface area contributed by atoms with Gasteiger partial charge in [-0.15, -0.1) is 11.3 Å². The fraction of sp³-hybridized carbons (Fsp3) is 0.276. The molecular weight excluding hydrogens is 474 g/mol. The summed E-state index contributed by atoms with van der Waals surface area (Å²) >= 11 is 1.37. The highest BCUT2D eigenvalue weighted by atomic mass is 32.1. The van der Waals surface area contributed by atoms with E-state index in [4.69, 9.17) is 13.9 Å². The minimum absolute atomic E-state index is 0.0346. The van der Waals surface area contributed by atoms with Crippen molar-refractivity contribution in [2.24, 2.45) is 0 Å². The van der Waals surface area contributed by atoms with Gasteiger partial charge in [0.1, 0.15) is 11.5 Å². The van der Waals surface area contributed by atoms with E-state index in [-0.39, 0.29) is 5.78 Å². The first-order valence-corrected chi connectivity index (χ1v) is 12.5. The molecule has 0 saturated carbocycles. The van der Waals surface area contributed by atoms with E-state index in [1.165, 1.54) is 30.4 Å². The topological polar surface area (TPSA) is 78.6 Å². The van der Waals surface area contributed by atoms with Crippen molar-refractivity contribution in [3.05, 3.63) is 106 Å². The van der Waals surface area contributed by atoms with E-state index in [1.54, 1.807) is 25.1 Å². The Hall–Kier alpha value is -3.71. The molecule has 0 spiro atoms. The summed E-state index contributed by atoms with van der Waals surface area (Å²) < 4.78 is 16.1. The van der Waals surface area contributed by atoms with Crippen LogP contribution in [-0.2, 0) is 22.4 Å². The van der Waals surface area contributed by atoms with Gasteiger partial charge in [-0.2, -0.15) is 0 Å². The van der Waals surface area contributed by atoms with Crippen LogP contribution in [0.15, 0.2) is 83.6 Å². The Morgan fingerprint density at radius 2 is 1.64 bits per heavy atom. The minimum atomic E-state index is -1.20. The molecule has 4 rings (SSSR count). The van der Waals surface area contributed by atoms with Crippen LogP contribution in [0.2, 0.25) is 0 Å². The van der Waals surface area contributed by atoms with Crippen molar-refractivity contribution in [3.63, 3.8) is 0 Å². The summed E-state index contributed by atoms with van der Waals surface area (Å²) in [5.74, 6) is 0.879. The molecular formula is C29H31NO5S. The van der Waals surface area contributed by atoms with E-state index < -0.39 is 11.6 Å². The number of para-hydroxylation sites is 1. The molecule has 0 aliphatic rings. The quantitative estimate of drug-likeness (QED) is 0.193. The molecule has 0 bridgehead atoms. The summed E-state index contributed by atoms with van der Waals surface area (Å²) in [6.07, 6.45) is 2.57. The molecule has 1 unspecified atom stereocenters. The Morgan fingerprint density at radius 3 is 2.19 bits per heavy atom. The van der Waals surface area contributed by atoms with Crippen molar-refractivity contribution in [1.29, 1.82) is 0 Å². The zero-order valence-electron chi connectivity index (χ0n) is 21.0. The number of nitrogens with zero attached hydrogens (tertiary/aromatic N) is 1. The van der Waals surface area contributed by atoms with Crippen molar-refractivity contribution in [3.8, 4) is 5.75 Å². The largest absolute Gasteiger partial charge is 0.475 e. The molecule has 7 heteroatoms. The highest BCUT2D eigenvalue weighted by Gasteiger charge is 2.38. The van der Waals surface area contributed by atoms with E-state index >= 15 is 0 Å². The summed E-state index contributed by atoms with van der Waals surface area (Å²) in [7, 11) is 1.34. The van der Waals surface area contributed by atoms with Crippen LogP contribution in [0.4, 0.5) is 0 Å². The van der Waals surface area contributed by atoms with Crippen molar-refractivity contribution in [2.45, 2.75) is 45.6 Å². The lowest BCUT2D eigenvalue weighted by Gasteiger charge is -2.27. The van der Waals surface area contributed by atoms with Crippen LogP contribution in [0.3, 0.4) is 0 Å². The Balaban J connectivity index is 0.000000444. The SMILES string of the molecule is COC(=O)C(C)(Cc1ccc(C(=O)CCc2ncoc2C)s1)Oc1ccccc1.Cc1ccccc1. The zero-order valence-corrected chi connectivity index (χ0v) is 21.8. The van der Waals surface area contributed by atoms with Crippen LogP contribution in [0.25, 0.3) is 0 Å². The first-order chi connectivity index (χ1) is 17.3. The highest BCUT2D eigenvalue weighted by Crippen LogP contribution is 2.28. The predicted molar refractivity (Wildman–Crippen MR) is 141 cm³/mol. The summed E-state index contributed by atoms with van der Waals surface area (Å²) in [6.45, 7) is 5.61. The molecule has 0 aliphatic heterocycles. The van der Waals surface area contributed by atoms with Crippen LogP contribution in [0.5, 0.6) is 5.75 Å². The molecule has 4 aromatic rings. The van der Waals surface area contributed by atoms with Gasteiger partial charge in [-0.25, -0.2) is 9.78 Å². The third-order valence-electron chi connectivity index (χ3n) is 5.53. The van der Waals surface area contributed by atoms with Gasteiger partial charge in [0.2, 0.25) is 5.60 Å². The number of carbonyl (C=O) groups excluding carboxylic acids is 2. The van der Waals surface area contributed by atoms with Gasteiger partial charge >= 0.3 is 5.97 Å². The number of methoxy groups -OCH3 is 1. The number of hydrogen-bond acceptors (Lipinski definition) is 7. The van der Waals surface area contributed by atoms with Crippen LogP contribution >= 0.6 is 11.3 Å². The van der Waals surface area contributed by atoms with E-state index in [0.29, 0.717) is 29.9 Å². The van der Waals surface area contributed by atoms with Gasteiger partial charge in [-0.05, 0) is 45.0 Å². The first-order valence-electron chi connectivity index (χ1n) is 11.7. The van der Waals surface area contributed by atoms with E-state index in [0.717, 1.165) is 16.3 Å². The number of aromatic nitrogens is 1. The lowest BCUT2D eigenvalue weighted by Crippen LogP contribution is -2.44. The van der Waals surface area contributed by atoms with E-state index in [9.17, 15) is 9.59 Å². The Morgan fingerprint density at radius 1 is 0.972 bits per heavy atom. The second-order valence-corrected chi connectivity index (χ2v) is 9.68. The Labute approximate surface area is 215 Å². The standard InChI is InChI=1S/C22H23NO5S.C7H8/c1-15-18(23-14-27-15)10-11-19(24)20-12-9-17(29-20)13-22(2,21(25)26-3)28-16-7-5-4-6-8-16;1-7-5-3-2-4-6-7/h4-9,12,14H,10-11,13H2,1-3H3;2-6H,1H3. The van der Waals surface area contributed by atoms with Gasteiger partial charge in [-0.1, -0.05) is 54.1 Å². The summed E-state index contributed by atoms with van der Waals surface area (Å²) in [5.41, 5.74) is 0.922. The first kappa shape index (κ1) is 26.9. The van der Waals surface area contributed by atoms with Gasteiger partial charge in [-0.3, -0.25) is 4.79 Å². The molecule has 0 N–H and O–H groups in total. The van der Waals surface area contributed by atoms with Crippen molar-refractivity contribution < 1.29 is 23.5 Å². The van der Waals surface area contributed by atoms with Crippen LogP contribution in [0, 0.1) is 13.8 Å². The number of carbonyl (C=O) groups is 2. The molecule has 2 aromatic heterocycles. The lowest BCUT2D eigenvalue weighted by atomic mass is 10.0. The maximum absolute atomic E-state index is 12.5. The molecule has 2 heterocycles. The molecule has 0 amide bonds. The van der Waals surface area contributed by atoms with Gasteiger partial charge in [0.25, 0.3) is 0 Å². The number of esters is 1. The van der Waals surface area contributed by atoms with Gasteiger partial charge in [0.05, 0.1) is 17.7 Å². The second kappa shape index (κ2) is 12.8. The van der Waals surface area contributed by atoms with Crippen molar-refractivity contribution in [2.75, 3.05) is 7.11 Å². The van der Waals surface area contributed by atoms with Gasteiger partial charge < -0.3 is 13.9 Å². The van der Waals surface area contributed by atoms with Crippen LogP contribution in [0.1, 0.15) is 44.9 Å². The lowest BCUT2D eigenvalue weighted by molar-refractivity contribution is -0.157. The highest BCUT2D eigenvalue weighted by molar-refractivity contribution is 7.14. The van der Waals surface area contributed by atoms with Crippen molar-refractivity contribution >= 4 is 23.1 Å². The Kier molecular flexibility index (Phi) is 9.59. The third-order valence-corrected chi connectivity index (χ3v) is 6.65. The number of Topliss-reactive ketones (excluding diaryl/α,β-unsaturated/α-hetero) is 1. The average Bonchev–Trinajstić information content (AvgIpc) is 3.52. The molecule has 6 nitrogen and oxygen atoms in total. The zero-order chi connectivity index (χ0) is 26.0. The van der Waals surface area contributed by atoms with Gasteiger partial charge in [0.15, 0.2) is 12.2 Å². The number of thiophene rings is 1. The predicted octanol–water partition coefficient (Wildman–Crippen LogP) is 6.41. The maximum atomic E-state index is 12.5. The normalized spacial score (nSPS) is 12.1. The minimum Gasteiger partial charge on any atom is -0.475 e. The van der Waals surface area contributed by atoms with E-state index in [2.05, 4.69) is 24.0 Å². The summed E-state index contributed by atoms with van der Waals surface area (Å²) in [6, 6.07) is 23.0. The number of hydrogen-bond donors (Lipinski definition) is 0. The number of aryl methyl sites for hydroxylation is 3. The molecule has 1 atom stereocenters. The number of ketones is 1. The number of benzene rings is 2. The number of ether oxygens (including phenoxy) is 2. The average molecular weight is 506 g/mol. The van der Waals surface area contributed by atoms with Crippen molar-refractivity contribution in [1.82, 2.24) is 4.98 Å². The van der Waals surface area contributed by atoms with E-state index in [1.807, 2.05) is 49.4 Å². The Bertz CT molecular complexity index is 1250. The molecule has 0 radical (unpaired) electrons. The number of rotatable bonds is 9. The van der Waals surface area contributed by atoms with Crippen LogP contribution < -0.4 is 4.74 Å².